The van der Waals surface area contributed by atoms with Gasteiger partial charge in [-0.25, -0.2) is 0 Å². The van der Waals surface area contributed by atoms with Crippen LogP contribution in [0.15, 0.2) is 24.3 Å². The Balaban J connectivity index is 3.62. The summed E-state index contributed by atoms with van der Waals surface area (Å²) in [4.78, 5) is 41.0. The number of esters is 3. The lowest BCUT2D eigenvalue weighted by Gasteiger charge is -2.21. The molecule has 63 heavy (non-hydrogen) atoms. The summed E-state index contributed by atoms with van der Waals surface area (Å²) in [7, 11) is 0. The van der Waals surface area contributed by atoms with Crippen LogP contribution < -0.4 is 0 Å². The van der Waals surface area contributed by atoms with Crippen LogP contribution in [0.5, 0.6) is 0 Å². The van der Waals surface area contributed by atoms with Gasteiger partial charge in [0.05, 0.1) is 13.2 Å². The molecule has 10 heteroatoms. The van der Waals surface area contributed by atoms with E-state index in [1.165, 1.54) is 116 Å². The molecule has 0 atom stereocenters. The third-order valence-electron chi connectivity index (χ3n) is 11.7. The van der Waals surface area contributed by atoms with Gasteiger partial charge in [0, 0.05) is 44.8 Å². The number of aliphatic hydroxyl groups excluding tert-OH is 1. The molecule has 0 aromatic rings. The van der Waals surface area contributed by atoms with E-state index in [2.05, 4.69) is 48.0 Å². The van der Waals surface area contributed by atoms with Gasteiger partial charge in [-0.2, -0.15) is 0 Å². The van der Waals surface area contributed by atoms with Gasteiger partial charge in [0.1, 0.15) is 13.2 Å². The number of nitrogens with zero attached hydrogens (tertiary/aromatic N) is 2. The Morgan fingerprint density at radius 1 is 0.397 bits per heavy atom. The standard InChI is InChI=1S/C53H99ClN2O7/c1-3-5-7-9-16-24-32-41-55(45-40-54)42-33-27-19-15-23-31-39-53(60)63-50-49-62-52(59)38-30-22-14-12-18-26-35-44-56(46-47-57)43-34-25-17-11-13-21-29-37-51(58)61-48-36-28-20-10-8-6-4-2/h16,20,24,28,57H,3-15,17-19,21-23,25-27,29-50H2,1-2H3/b24-16-,28-20-. The zero-order valence-electron chi connectivity index (χ0n) is 41.1. The number of hydrogen-bond donors (Lipinski definition) is 1. The molecule has 0 spiro atoms. The van der Waals surface area contributed by atoms with Gasteiger partial charge in [0.15, 0.2) is 0 Å². The molecular weight excluding hydrogens is 812 g/mol. The number of hydrogen-bond acceptors (Lipinski definition) is 9. The summed E-state index contributed by atoms with van der Waals surface area (Å²) in [6, 6.07) is 0. The molecule has 0 aliphatic carbocycles. The van der Waals surface area contributed by atoms with Crippen LogP contribution in [0.25, 0.3) is 0 Å². The zero-order valence-corrected chi connectivity index (χ0v) is 41.8. The van der Waals surface area contributed by atoms with E-state index >= 15 is 0 Å². The van der Waals surface area contributed by atoms with E-state index in [1.807, 2.05) is 0 Å². The average molecular weight is 912 g/mol. The predicted molar refractivity (Wildman–Crippen MR) is 266 cm³/mol. The Morgan fingerprint density at radius 3 is 1.14 bits per heavy atom. The van der Waals surface area contributed by atoms with E-state index in [9.17, 15) is 19.5 Å². The highest BCUT2D eigenvalue weighted by Gasteiger charge is 2.08. The molecule has 0 heterocycles. The first-order valence-corrected chi connectivity index (χ1v) is 26.9. The quantitative estimate of drug-likeness (QED) is 0.0210. The molecule has 0 aromatic heterocycles. The molecule has 0 saturated heterocycles. The Kier molecular flexibility index (Phi) is 49.5. The van der Waals surface area contributed by atoms with Gasteiger partial charge in [-0.3, -0.25) is 14.4 Å². The first kappa shape index (κ1) is 61.1. The Hall–Kier alpha value is -1.94. The highest BCUT2D eigenvalue weighted by Crippen LogP contribution is 2.13. The second-order valence-corrected chi connectivity index (χ2v) is 18.0. The van der Waals surface area contributed by atoms with Gasteiger partial charge in [0.25, 0.3) is 0 Å². The molecule has 0 unspecified atom stereocenters. The van der Waals surface area contributed by atoms with Gasteiger partial charge < -0.3 is 29.1 Å². The second-order valence-electron chi connectivity index (χ2n) is 17.6. The molecule has 0 aliphatic heterocycles. The molecule has 9 nitrogen and oxygen atoms in total. The van der Waals surface area contributed by atoms with E-state index in [0.29, 0.717) is 31.7 Å². The predicted octanol–water partition coefficient (Wildman–Crippen LogP) is 13.5. The fourth-order valence-corrected chi connectivity index (χ4v) is 7.98. The van der Waals surface area contributed by atoms with Crippen LogP contribution in [0.4, 0.5) is 0 Å². The number of allylic oxidation sites excluding steroid dienone is 2. The summed E-state index contributed by atoms with van der Waals surface area (Å²) in [6.07, 6.45) is 44.5. The van der Waals surface area contributed by atoms with Crippen molar-refractivity contribution in [2.75, 3.05) is 71.6 Å². The van der Waals surface area contributed by atoms with Crippen LogP contribution in [0.1, 0.15) is 226 Å². The molecule has 0 aliphatic rings. The highest BCUT2D eigenvalue weighted by atomic mass is 35.5. The summed E-state index contributed by atoms with van der Waals surface area (Å²) >= 11 is 6.03. The largest absolute Gasteiger partial charge is 0.465 e. The number of aliphatic hydroxyl groups is 1. The van der Waals surface area contributed by atoms with Crippen molar-refractivity contribution >= 4 is 29.5 Å². The van der Waals surface area contributed by atoms with E-state index in [4.69, 9.17) is 25.8 Å². The number of carbonyl (C=O) groups excluding carboxylic acids is 3. The third kappa shape index (κ3) is 47.8. The molecular formula is C53H99ClN2O7. The summed E-state index contributed by atoms with van der Waals surface area (Å²) in [5.41, 5.74) is 0. The smallest absolute Gasteiger partial charge is 0.305 e. The fourth-order valence-electron chi connectivity index (χ4n) is 7.74. The number of carbonyl (C=O) groups is 3. The first-order chi connectivity index (χ1) is 31.0. The van der Waals surface area contributed by atoms with Crippen LogP contribution in [-0.4, -0.2) is 104 Å². The van der Waals surface area contributed by atoms with Crippen molar-refractivity contribution in [1.29, 1.82) is 0 Å². The van der Waals surface area contributed by atoms with Crippen molar-refractivity contribution in [3.63, 3.8) is 0 Å². The zero-order chi connectivity index (χ0) is 45.9. The minimum Gasteiger partial charge on any atom is -0.465 e. The third-order valence-corrected chi connectivity index (χ3v) is 11.9. The lowest BCUT2D eigenvalue weighted by Crippen LogP contribution is -2.29. The van der Waals surface area contributed by atoms with Gasteiger partial charge in [-0.05, 0) is 96.7 Å². The van der Waals surface area contributed by atoms with E-state index < -0.39 is 0 Å². The molecule has 0 amide bonds. The maximum atomic E-state index is 12.1. The molecule has 0 bridgehead atoms. The highest BCUT2D eigenvalue weighted by molar-refractivity contribution is 6.18. The molecule has 0 fully saturated rings. The molecule has 0 aromatic carbocycles. The first-order valence-electron chi connectivity index (χ1n) is 26.3. The van der Waals surface area contributed by atoms with Gasteiger partial charge in [-0.1, -0.05) is 154 Å². The molecule has 1 N–H and O–H groups in total. The van der Waals surface area contributed by atoms with Crippen molar-refractivity contribution in [1.82, 2.24) is 9.80 Å². The number of ether oxygens (including phenoxy) is 3. The van der Waals surface area contributed by atoms with Crippen LogP contribution in [-0.2, 0) is 28.6 Å². The summed E-state index contributed by atoms with van der Waals surface area (Å²) in [5.74, 6) is 0.202. The maximum Gasteiger partial charge on any atom is 0.305 e. The van der Waals surface area contributed by atoms with Crippen molar-refractivity contribution in [3.05, 3.63) is 24.3 Å². The topological polar surface area (TPSA) is 106 Å². The Bertz CT molecular complexity index is 1060. The lowest BCUT2D eigenvalue weighted by atomic mass is 10.1. The van der Waals surface area contributed by atoms with Crippen LogP contribution in [0.3, 0.4) is 0 Å². The summed E-state index contributed by atoms with van der Waals surface area (Å²) < 4.78 is 15.9. The van der Waals surface area contributed by atoms with E-state index in [1.54, 1.807) is 0 Å². The molecule has 0 rings (SSSR count). The summed E-state index contributed by atoms with van der Waals surface area (Å²) in [5, 5.41) is 9.53. The van der Waals surface area contributed by atoms with Crippen molar-refractivity contribution in [3.8, 4) is 0 Å². The number of rotatable bonds is 50. The van der Waals surface area contributed by atoms with Gasteiger partial charge >= 0.3 is 17.9 Å². The number of halogens is 1. The number of unbranched alkanes of at least 4 members (excludes halogenated alkanes) is 23. The van der Waals surface area contributed by atoms with E-state index in [0.717, 1.165) is 116 Å². The van der Waals surface area contributed by atoms with Crippen molar-refractivity contribution in [2.24, 2.45) is 0 Å². The molecule has 0 radical (unpaired) electrons. The second kappa shape index (κ2) is 51.1. The van der Waals surface area contributed by atoms with Crippen LogP contribution in [0, 0.1) is 0 Å². The Labute approximate surface area is 393 Å². The average Bonchev–Trinajstić information content (AvgIpc) is 3.27. The molecule has 370 valence electrons. The molecule has 0 saturated carbocycles. The fraction of sp³-hybridized carbons (Fsp3) is 0.868. The summed E-state index contributed by atoms with van der Waals surface area (Å²) in [6.45, 7) is 11.4. The van der Waals surface area contributed by atoms with Crippen LogP contribution in [0.2, 0.25) is 0 Å². The SMILES string of the molecule is CCCCC/C=C\CCOC(=O)CCCCCCCCCN(CCO)CCCCCCCCCC(=O)OCCOC(=O)CCCCCCCCN(CCCl)CC/C=C\CCCCC. The van der Waals surface area contributed by atoms with Gasteiger partial charge in [-0.15, -0.1) is 11.6 Å². The Morgan fingerprint density at radius 2 is 0.746 bits per heavy atom. The van der Waals surface area contributed by atoms with E-state index in [-0.39, 0.29) is 37.7 Å². The lowest BCUT2D eigenvalue weighted by molar-refractivity contribution is -0.152. The monoisotopic (exact) mass is 911 g/mol. The minimum atomic E-state index is -0.211. The maximum absolute atomic E-state index is 12.1. The van der Waals surface area contributed by atoms with Crippen LogP contribution >= 0.6 is 11.6 Å². The number of alkyl halides is 1. The van der Waals surface area contributed by atoms with Gasteiger partial charge in [0.2, 0.25) is 0 Å². The van der Waals surface area contributed by atoms with Crippen molar-refractivity contribution < 1.29 is 33.7 Å². The minimum absolute atomic E-state index is 0.0611. The van der Waals surface area contributed by atoms with Crippen molar-refractivity contribution in [2.45, 2.75) is 226 Å². The normalized spacial score (nSPS) is 11.8.